The zero-order valence-electron chi connectivity index (χ0n) is 16.1. The van der Waals surface area contributed by atoms with E-state index in [2.05, 4.69) is 56.6 Å². The van der Waals surface area contributed by atoms with Crippen LogP contribution in [-0.4, -0.2) is 31.2 Å². The first kappa shape index (κ1) is 18.8. The molecule has 0 bridgehead atoms. The van der Waals surface area contributed by atoms with E-state index in [1.54, 1.807) is 30.5 Å². The van der Waals surface area contributed by atoms with Gasteiger partial charge in [-0.25, -0.2) is 19.7 Å². The Bertz CT molecular complexity index is 1150. The second kappa shape index (κ2) is 7.47. The first-order valence-corrected chi connectivity index (χ1v) is 9.72. The van der Waals surface area contributed by atoms with Crippen LogP contribution in [0.1, 0.15) is 26.5 Å². The Balaban J connectivity index is 1.38. The number of anilines is 2. The highest BCUT2D eigenvalue weighted by Gasteiger charge is 2.18. The van der Waals surface area contributed by atoms with Gasteiger partial charge in [0.05, 0.1) is 11.9 Å². The minimum absolute atomic E-state index is 0.0611. The van der Waals surface area contributed by atoms with Gasteiger partial charge in [-0.15, -0.1) is 11.3 Å². The molecule has 0 saturated heterocycles. The predicted molar refractivity (Wildman–Crippen MR) is 112 cm³/mol. The van der Waals surface area contributed by atoms with E-state index in [9.17, 15) is 4.79 Å². The molecule has 0 saturated carbocycles. The number of nitrogens with one attached hydrogen (secondary N) is 3. The highest BCUT2D eigenvalue weighted by Crippen LogP contribution is 2.27. The Morgan fingerprint density at radius 1 is 1.14 bits per heavy atom. The van der Waals surface area contributed by atoms with Crippen molar-refractivity contribution >= 4 is 39.2 Å². The molecule has 0 aliphatic rings. The van der Waals surface area contributed by atoms with Crippen molar-refractivity contribution in [2.75, 3.05) is 10.6 Å². The lowest BCUT2D eigenvalue weighted by Crippen LogP contribution is -2.19. The lowest BCUT2D eigenvalue weighted by molar-refractivity contribution is 0.262. The number of hydrogen-bond acceptors (Lipinski definition) is 7. The number of hydrogen-bond donors (Lipinski definition) is 3. The maximum Gasteiger partial charge on any atom is 0.325 e. The molecule has 3 heterocycles. The third-order valence-corrected chi connectivity index (χ3v) is 4.79. The molecule has 148 valence electrons. The molecule has 0 fully saturated rings. The molecule has 0 radical (unpaired) electrons. The van der Waals surface area contributed by atoms with Gasteiger partial charge in [0.2, 0.25) is 5.88 Å². The standard InChI is InChI=1S/C19H19N7O2S/c1-19(2,3)14-9-29-18(24-14)25-17(27)23-11-4-6-12(7-5-11)28-16-13-8-22-26-15(13)20-10-21-16/h4-10H,1-3H3,(H,20,21,22,26)(H2,23,24,25,27). The maximum absolute atomic E-state index is 12.2. The average molecular weight is 409 g/mol. The number of carbonyl (C=O) groups excluding carboxylic acids is 1. The number of aromatic nitrogens is 5. The second-order valence-corrected chi connectivity index (χ2v) is 8.16. The zero-order valence-corrected chi connectivity index (χ0v) is 16.9. The lowest BCUT2D eigenvalue weighted by Gasteiger charge is -2.14. The summed E-state index contributed by atoms with van der Waals surface area (Å²) < 4.78 is 5.79. The summed E-state index contributed by atoms with van der Waals surface area (Å²) in [6, 6.07) is 6.61. The third-order valence-electron chi connectivity index (χ3n) is 4.03. The number of thiazole rings is 1. The number of ether oxygens (including phenoxy) is 1. The van der Waals surface area contributed by atoms with E-state index >= 15 is 0 Å². The zero-order chi connectivity index (χ0) is 20.4. The third kappa shape index (κ3) is 4.32. The second-order valence-electron chi connectivity index (χ2n) is 7.30. The summed E-state index contributed by atoms with van der Waals surface area (Å²) in [6.07, 6.45) is 3.01. The molecule has 10 heteroatoms. The largest absolute Gasteiger partial charge is 0.438 e. The number of fused-ring (bicyclic) bond motifs is 1. The molecule has 0 spiro atoms. The van der Waals surface area contributed by atoms with Crippen molar-refractivity contribution in [3.8, 4) is 11.6 Å². The normalized spacial score (nSPS) is 11.4. The molecular formula is C19H19N7O2S. The quantitative estimate of drug-likeness (QED) is 0.455. The fourth-order valence-electron chi connectivity index (χ4n) is 2.48. The van der Waals surface area contributed by atoms with E-state index in [1.165, 1.54) is 17.7 Å². The molecule has 29 heavy (non-hydrogen) atoms. The van der Waals surface area contributed by atoms with Crippen LogP contribution in [0.3, 0.4) is 0 Å². The Labute approximate surface area is 170 Å². The molecule has 2 amide bonds. The van der Waals surface area contributed by atoms with Crippen LogP contribution >= 0.6 is 11.3 Å². The number of aromatic amines is 1. The average Bonchev–Trinajstić information content (AvgIpc) is 3.33. The van der Waals surface area contributed by atoms with Crippen LogP contribution in [0, 0.1) is 0 Å². The van der Waals surface area contributed by atoms with Crippen LogP contribution < -0.4 is 15.4 Å². The Hall–Kier alpha value is -3.53. The number of nitrogens with zero attached hydrogens (tertiary/aromatic N) is 4. The summed E-state index contributed by atoms with van der Waals surface area (Å²) in [5.74, 6) is 0.979. The van der Waals surface area contributed by atoms with Gasteiger partial charge >= 0.3 is 6.03 Å². The number of rotatable bonds is 4. The molecule has 3 aromatic heterocycles. The Morgan fingerprint density at radius 2 is 1.93 bits per heavy atom. The van der Waals surface area contributed by atoms with Crippen molar-refractivity contribution in [1.82, 2.24) is 25.1 Å². The molecule has 0 atom stereocenters. The topological polar surface area (TPSA) is 118 Å². The number of carbonyl (C=O) groups is 1. The predicted octanol–water partition coefficient (Wildman–Crippen LogP) is 4.54. The van der Waals surface area contributed by atoms with Gasteiger partial charge in [-0.3, -0.25) is 10.4 Å². The number of urea groups is 1. The smallest absolute Gasteiger partial charge is 0.325 e. The Kier molecular flexibility index (Phi) is 4.85. The molecule has 0 aliphatic heterocycles. The summed E-state index contributed by atoms with van der Waals surface area (Å²) in [5.41, 5.74) is 2.10. The first-order valence-electron chi connectivity index (χ1n) is 8.84. The number of H-pyrrole nitrogens is 1. The SMILES string of the molecule is CC(C)(C)c1csc(NC(=O)Nc2ccc(Oc3ncnc4[nH]ncc34)cc2)n1. The van der Waals surface area contributed by atoms with Gasteiger partial charge in [0, 0.05) is 16.5 Å². The van der Waals surface area contributed by atoms with E-state index in [0.717, 1.165) is 5.69 Å². The van der Waals surface area contributed by atoms with Crippen LogP contribution in [0.25, 0.3) is 11.0 Å². The van der Waals surface area contributed by atoms with Crippen LogP contribution in [0.5, 0.6) is 11.6 Å². The van der Waals surface area contributed by atoms with Crippen LogP contribution in [0.4, 0.5) is 15.6 Å². The Morgan fingerprint density at radius 3 is 2.66 bits per heavy atom. The molecule has 3 N–H and O–H groups in total. The van der Waals surface area contributed by atoms with Crippen molar-refractivity contribution in [3.63, 3.8) is 0 Å². The van der Waals surface area contributed by atoms with Gasteiger partial charge in [0.1, 0.15) is 17.5 Å². The lowest BCUT2D eigenvalue weighted by atomic mass is 9.93. The summed E-state index contributed by atoms with van der Waals surface area (Å²) in [4.78, 5) is 24.9. The number of benzene rings is 1. The molecule has 0 unspecified atom stereocenters. The molecule has 0 aliphatic carbocycles. The monoisotopic (exact) mass is 409 g/mol. The summed E-state index contributed by atoms with van der Waals surface area (Å²) in [5, 5.41) is 15.4. The van der Waals surface area contributed by atoms with E-state index < -0.39 is 0 Å². The fraction of sp³-hybridized carbons (Fsp3) is 0.211. The summed E-state index contributed by atoms with van der Waals surface area (Å²) >= 11 is 1.40. The van der Waals surface area contributed by atoms with Crippen LogP contribution in [0.2, 0.25) is 0 Å². The van der Waals surface area contributed by atoms with E-state index in [1.807, 2.05) is 5.38 Å². The molecule has 1 aromatic carbocycles. The van der Waals surface area contributed by atoms with Crippen LogP contribution in [0.15, 0.2) is 42.2 Å². The van der Waals surface area contributed by atoms with Crippen molar-refractivity contribution in [2.45, 2.75) is 26.2 Å². The van der Waals surface area contributed by atoms with E-state index in [-0.39, 0.29) is 11.4 Å². The van der Waals surface area contributed by atoms with Gasteiger partial charge < -0.3 is 10.1 Å². The number of amides is 2. The van der Waals surface area contributed by atoms with Crippen molar-refractivity contribution in [3.05, 3.63) is 47.9 Å². The van der Waals surface area contributed by atoms with Gasteiger partial charge in [-0.1, -0.05) is 20.8 Å². The molecule has 4 rings (SSSR count). The van der Waals surface area contributed by atoms with Gasteiger partial charge in [-0.05, 0) is 24.3 Å². The van der Waals surface area contributed by atoms with E-state index in [0.29, 0.717) is 33.5 Å². The maximum atomic E-state index is 12.2. The van der Waals surface area contributed by atoms with Crippen molar-refractivity contribution < 1.29 is 9.53 Å². The van der Waals surface area contributed by atoms with Gasteiger partial charge in [-0.2, -0.15) is 5.10 Å². The highest BCUT2D eigenvalue weighted by atomic mass is 32.1. The first-order chi connectivity index (χ1) is 13.9. The molecule has 4 aromatic rings. The summed E-state index contributed by atoms with van der Waals surface area (Å²) in [7, 11) is 0. The minimum Gasteiger partial charge on any atom is -0.438 e. The van der Waals surface area contributed by atoms with Gasteiger partial charge in [0.25, 0.3) is 0 Å². The van der Waals surface area contributed by atoms with E-state index in [4.69, 9.17) is 4.74 Å². The highest BCUT2D eigenvalue weighted by molar-refractivity contribution is 7.14. The summed E-state index contributed by atoms with van der Waals surface area (Å²) in [6.45, 7) is 6.23. The molecular weight excluding hydrogens is 390 g/mol. The molecule has 9 nitrogen and oxygen atoms in total. The van der Waals surface area contributed by atoms with Gasteiger partial charge in [0.15, 0.2) is 10.8 Å². The fourth-order valence-corrected chi connectivity index (χ4v) is 3.41. The van der Waals surface area contributed by atoms with Crippen LogP contribution in [-0.2, 0) is 5.41 Å². The minimum atomic E-state index is -0.357. The van der Waals surface area contributed by atoms with Crippen molar-refractivity contribution in [2.24, 2.45) is 0 Å². The van der Waals surface area contributed by atoms with Crippen molar-refractivity contribution in [1.29, 1.82) is 0 Å².